The average Bonchev–Trinajstić information content (AvgIpc) is 2.85. The van der Waals surface area contributed by atoms with Crippen molar-refractivity contribution in [1.29, 1.82) is 0 Å². The van der Waals surface area contributed by atoms with Crippen molar-refractivity contribution in [2.75, 3.05) is 0 Å². The van der Waals surface area contributed by atoms with Crippen LogP contribution in [0.15, 0.2) is 0 Å². The van der Waals surface area contributed by atoms with Crippen molar-refractivity contribution in [2.24, 2.45) is 16.7 Å². The Morgan fingerprint density at radius 3 is 2.33 bits per heavy atom. The highest BCUT2D eigenvalue weighted by atomic mass is 16.3. The summed E-state index contributed by atoms with van der Waals surface area (Å²) in [6.45, 7) is 2.20. The molecule has 0 aromatic rings. The van der Waals surface area contributed by atoms with Crippen molar-refractivity contribution in [3.05, 3.63) is 0 Å². The second kappa shape index (κ2) is 4.06. The van der Waals surface area contributed by atoms with E-state index in [1.807, 2.05) is 0 Å². The molecule has 0 aliphatic heterocycles. The molecule has 3 rings (SSSR count). The van der Waals surface area contributed by atoms with Crippen LogP contribution in [0, 0.1) is 16.7 Å². The highest BCUT2D eigenvalue weighted by Crippen LogP contribution is 2.65. The van der Waals surface area contributed by atoms with Gasteiger partial charge >= 0.3 is 0 Å². The summed E-state index contributed by atoms with van der Waals surface area (Å²) in [5, 5.41) is 11.3. The molecule has 2 nitrogen and oxygen atoms in total. The van der Waals surface area contributed by atoms with Crippen LogP contribution >= 0.6 is 0 Å². The highest BCUT2D eigenvalue weighted by molar-refractivity contribution is 5.67. The first-order chi connectivity index (χ1) is 8.58. The number of hydrogen-bond acceptors (Lipinski definition) is 2. The van der Waals surface area contributed by atoms with Gasteiger partial charge in [0.05, 0.1) is 0 Å². The van der Waals surface area contributed by atoms with Crippen molar-refractivity contribution in [3.8, 4) is 0 Å². The zero-order valence-electron chi connectivity index (χ0n) is 11.6. The fourth-order valence-corrected chi connectivity index (χ4v) is 5.56. The number of rotatable bonds is 1. The number of fused-ring (bicyclic) bond motifs is 1. The van der Waals surface area contributed by atoms with Crippen molar-refractivity contribution in [3.63, 3.8) is 0 Å². The zero-order chi connectivity index (χ0) is 12.9. The molecule has 102 valence electrons. The minimum absolute atomic E-state index is 0.0860. The molecular formula is C16H26O2. The Morgan fingerprint density at radius 2 is 1.67 bits per heavy atom. The third kappa shape index (κ3) is 1.36. The molecule has 0 aromatic heterocycles. The van der Waals surface area contributed by atoms with E-state index in [2.05, 4.69) is 6.92 Å². The molecule has 1 N–H and O–H groups in total. The largest absolute Gasteiger partial charge is 0.381 e. The van der Waals surface area contributed by atoms with Gasteiger partial charge in [0.1, 0.15) is 5.60 Å². The summed E-state index contributed by atoms with van der Waals surface area (Å²) in [6.07, 6.45) is 12.5. The van der Waals surface area contributed by atoms with Crippen LogP contribution in [0.5, 0.6) is 0 Å². The fraction of sp³-hybridized carbons (Fsp3) is 0.938. The third-order valence-electron chi connectivity index (χ3n) is 6.78. The van der Waals surface area contributed by atoms with Crippen LogP contribution in [0.1, 0.15) is 71.1 Å². The lowest BCUT2D eigenvalue weighted by Gasteiger charge is -2.61. The SMILES string of the molecule is CC12CCCCC1CCC1(CCCC1)C2(O)C=O. The van der Waals surface area contributed by atoms with Gasteiger partial charge in [-0.1, -0.05) is 32.6 Å². The third-order valence-corrected chi connectivity index (χ3v) is 6.78. The van der Waals surface area contributed by atoms with Crippen LogP contribution in [0.25, 0.3) is 0 Å². The van der Waals surface area contributed by atoms with Gasteiger partial charge in [0.25, 0.3) is 0 Å². The van der Waals surface area contributed by atoms with Crippen LogP contribution < -0.4 is 0 Å². The summed E-state index contributed by atoms with van der Waals surface area (Å²) in [7, 11) is 0. The van der Waals surface area contributed by atoms with E-state index in [9.17, 15) is 9.90 Å². The highest BCUT2D eigenvalue weighted by Gasteiger charge is 2.65. The summed E-state index contributed by atoms with van der Waals surface area (Å²) in [6, 6.07) is 0. The summed E-state index contributed by atoms with van der Waals surface area (Å²) >= 11 is 0. The molecule has 0 bridgehead atoms. The Hall–Kier alpha value is -0.370. The van der Waals surface area contributed by atoms with E-state index in [1.54, 1.807) is 0 Å². The van der Waals surface area contributed by atoms with E-state index in [-0.39, 0.29) is 10.8 Å². The van der Waals surface area contributed by atoms with Crippen LogP contribution in [0.2, 0.25) is 0 Å². The second-order valence-electron chi connectivity index (χ2n) is 7.27. The Morgan fingerprint density at radius 1 is 1.00 bits per heavy atom. The first-order valence-corrected chi connectivity index (χ1v) is 7.77. The molecule has 0 heterocycles. The predicted molar refractivity (Wildman–Crippen MR) is 71.2 cm³/mol. The average molecular weight is 250 g/mol. The molecule has 3 aliphatic carbocycles. The fourth-order valence-electron chi connectivity index (χ4n) is 5.56. The number of aldehydes is 1. The Labute approximate surface area is 110 Å². The molecule has 3 saturated carbocycles. The van der Waals surface area contributed by atoms with E-state index >= 15 is 0 Å². The summed E-state index contributed by atoms with van der Waals surface area (Å²) in [5.41, 5.74) is -1.30. The zero-order valence-corrected chi connectivity index (χ0v) is 11.6. The van der Waals surface area contributed by atoms with Crippen LogP contribution in [0.4, 0.5) is 0 Å². The van der Waals surface area contributed by atoms with Gasteiger partial charge < -0.3 is 9.90 Å². The molecule has 2 heteroatoms. The molecule has 3 unspecified atom stereocenters. The standard InChI is InChI=1S/C16H26O2/c1-14-8-3-2-6-13(14)7-11-15(9-4-5-10-15)16(14,18)12-17/h12-13,18H,2-11H2,1H3. The molecule has 3 aliphatic rings. The lowest BCUT2D eigenvalue weighted by atomic mass is 9.45. The normalized spacial score (nSPS) is 46.9. The van der Waals surface area contributed by atoms with Gasteiger partial charge in [0.15, 0.2) is 6.29 Å². The van der Waals surface area contributed by atoms with Crippen molar-refractivity contribution in [2.45, 2.75) is 76.7 Å². The van der Waals surface area contributed by atoms with Gasteiger partial charge in [-0.25, -0.2) is 0 Å². The minimum atomic E-state index is -1.06. The van der Waals surface area contributed by atoms with Gasteiger partial charge in [-0.2, -0.15) is 0 Å². The van der Waals surface area contributed by atoms with Crippen LogP contribution in [-0.4, -0.2) is 17.0 Å². The smallest absolute Gasteiger partial charge is 0.152 e. The monoisotopic (exact) mass is 250 g/mol. The quantitative estimate of drug-likeness (QED) is 0.724. The van der Waals surface area contributed by atoms with Gasteiger partial charge in [-0.05, 0) is 44.4 Å². The molecule has 3 atom stereocenters. The summed E-state index contributed by atoms with van der Waals surface area (Å²) in [4.78, 5) is 11.9. The maximum atomic E-state index is 11.9. The molecule has 3 fully saturated rings. The molecule has 0 saturated heterocycles. The molecule has 1 spiro atoms. The van der Waals surface area contributed by atoms with Crippen LogP contribution in [-0.2, 0) is 4.79 Å². The number of hydrogen-bond donors (Lipinski definition) is 1. The van der Waals surface area contributed by atoms with Gasteiger partial charge in [-0.15, -0.1) is 0 Å². The number of carbonyl (C=O) groups is 1. The predicted octanol–water partition coefficient (Wildman–Crippen LogP) is 3.47. The van der Waals surface area contributed by atoms with E-state index < -0.39 is 5.60 Å². The van der Waals surface area contributed by atoms with E-state index in [4.69, 9.17) is 0 Å². The van der Waals surface area contributed by atoms with Crippen molar-refractivity contribution in [1.82, 2.24) is 0 Å². The molecule has 18 heavy (non-hydrogen) atoms. The minimum Gasteiger partial charge on any atom is -0.381 e. The Bertz CT molecular complexity index is 345. The Kier molecular flexibility index (Phi) is 2.85. The maximum Gasteiger partial charge on any atom is 0.152 e. The topological polar surface area (TPSA) is 37.3 Å². The van der Waals surface area contributed by atoms with Crippen molar-refractivity contribution >= 4 is 6.29 Å². The summed E-state index contributed by atoms with van der Waals surface area (Å²) in [5.74, 6) is 0.563. The van der Waals surface area contributed by atoms with E-state index in [0.717, 1.165) is 32.0 Å². The van der Waals surface area contributed by atoms with Gasteiger partial charge in [0.2, 0.25) is 0 Å². The van der Waals surface area contributed by atoms with Crippen LogP contribution in [0.3, 0.4) is 0 Å². The lowest BCUT2D eigenvalue weighted by Crippen LogP contribution is -2.65. The first-order valence-electron chi connectivity index (χ1n) is 7.77. The maximum absolute atomic E-state index is 11.9. The first kappa shape index (κ1) is 12.7. The number of carbonyl (C=O) groups excluding carboxylic acids is 1. The molecular weight excluding hydrogens is 224 g/mol. The molecule has 0 aromatic carbocycles. The van der Waals surface area contributed by atoms with E-state index in [0.29, 0.717) is 5.92 Å². The molecule has 0 radical (unpaired) electrons. The van der Waals surface area contributed by atoms with E-state index in [1.165, 1.54) is 38.5 Å². The lowest BCUT2D eigenvalue weighted by molar-refractivity contribution is -0.213. The van der Waals surface area contributed by atoms with Gasteiger partial charge in [-0.3, -0.25) is 0 Å². The van der Waals surface area contributed by atoms with Gasteiger partial charge in [0, 0.05) is 10.8 Å². The van der Waals surface area contributed by atoms with Crippen molar-refractivity contribution < 1.29 is 9.90 Å². The summed E-state index contributed by atoms with van der Waals surface area (Å²) < 4.78 is 0. The molecule has 0 amide bonds. The Balaban J connectivity index is 2.04. The number of aliphatic hydroxyl groups is 1. The second-order valence-corrected chi connectivity index (χ2v) is 7.27.